The number of hydrogen-bond donors (Lipinski definition) is 2. The van der Waals surface area contributed by atoms with Crippen molar-refractivity contribution >= 4 is 35.1 Å². The van der Waals surface area contributed by atoms with E-state index in [0.29, 0.717) is 41.8 Å². The van der Waals surface area contributed by atoms with Crippen molar-refractivity contribution in [3.05, 3.63) is 68.1 Å². The van der Waals surface area contributed by atoms with E-state index in [4.69, 9.17) is 27.9 Å². The summed E-state index contributed by atoms with van der Waals surface area (Å²) in [5.74, 6) is 0.994. The van der Waals surface area contributed by atoms with Crippen molar-refractivity contribution in [1.82, 2.24) is 10.3 Å². The summed E-state index contributed by atoms with van der Waals surface area (Å²) >= 11 is 12.3. The molecule has 0 fully saturated rings. The van der Waals surface area contributed by atoms with Crippen LogP contribution in [0.15, 0.2) is 41.2 Å². The SMILES string of the molecule is CN[C@@H](/C=C(\c1ccc(OCC(C)C)c(Cl)c1)c1ccc(Cl)c(=O)[nH]1)CCC=O. The molecule has 0 unspecified atom stereocenters. The van der Waals surface area contributed by atoms with Crippen LogP contribution in [0.4, 0.5) is 0 Å². The summed E-state index contributed by atoms with van der Waals surface area (Å²) in [6.07, 6.45) is 3.92. The van der Waals surface area contributed by atoms with E-state index >= 15 is 0 Å². The number of nitrogens with one attached hydrogen (secondary N) is 2. The number of aromatic nitrogens is 1. The van der Waals surface area contributed by atoms with Gasteiger partial charge in [0.2, 0.25) is 0 Å². The molecule has 0 saturated carbocycles. The molecule has 1 heterocycles. The lowest BCUT2D eigenvalue weighted by molar-refractivity contribution is -0.108. The molecular formula is C22H26Cl2N2O3. The Labute approximate surface area is 181 Å². The number of rotatable bonds is 10. The highest BCUT2D eigenvalue weighted by Crippen LogP contribution is 2.31. The molecule has 0 amide bonds. The number of pyridine rings is 1. The summed E-state index contributed by atoms with van der Waals surface area (Å²) in [6.45, 7) is 4.70. The van der Waals surface area contributed by atoms with E-state index in [0.717, 1.165) is 17.4 Å². The highest BCUT2D eigenvalue weighted by atomic mass is 35.5. The molecule has 1 aromatic heterocycles. The van der Waals surface area contributed by atoms with Crippen LogP contribution in [0.1, 0.15) is 37.9 Å². The molecule has 1 atom stereocenters. The molecule has 2 rings (SSSR count). The number of ether oxygens (including phenoxy) is 1. The lowest BCUT2D eigenvalue weighted by atomic mass is 9.98. The van der Waals surface area contributed by atoms with Gasteiger partial charge in [-0.2, -0.15) is 0 Å². The summed E-state index contributed by atoms with van der Waals surface area (Å²) in [5, 5.41) is 3.79. The van der Waals surface area contributed by atoms with E-state index in [1.165, 1.54) is 0 Å². The maximum absolute atomic E-state index is 12.1. The average molecular weight is 437 g/mol. The second-order valence-electron chi connectivity index (χ2n) is 7.12. The van der Waals surface area contributed by atoms with Crippen LogP contribution in [0.5, 0.6) is 5.75 Å². The van der Waals surface area contributed by atoms with Crippen LogP contribution in [0.2, 0.25) is 10.0 Å². The third-order valence-corrected chi connectivity index (χ3v) is 4.89. The fourth-order valence-corrected chi connectivity index (χ4v) is 3.10. The number of halogens is 2. The summed E-state index contributed by atoms with van der Waals surface area (Å²) in [4.78, 5) is 25.6. The van der Waals surface area contributed by atoms with E-state index in [9.17, 15) is 9.59 Å². The Kier molecular flexibility index (Phi) is 8.96. The quantitative estimate of drug-likeness (QED) is 0.528. The molecule has 29 heavy (non-hydrogen) atoms. The minimum absolute atomic E-state index is 0.0648. The molecule has 2 aromatic rings. The molecular weight excluding hydrogens is 411 g/mol. The zero-order valence-corrected chi connectivity index (χ0v) is 18.3. The van der Waals surface area contributed by atoms with Gasteiger partial charge in [0.25, 0.3) is 5.56 Å². The predicted molar refractivity (Wildman–Crippen MR) is 119 cm³/mol. The zero-order valence-electron chi connectivity index (χ0n) is 16.8. The van der Waals surface area contributed by atoms with Crippen molar-refractivity contribution in [3.8, 4) is 5.75 Å². The maximum Gasteiger partial charge on any atom is 0.267 e. The molecule has 7 heteroatoms. The van der Waals surface area contributed by atoms with Crippen LogP contribution in [-0.2, 0) is 4.79 Å². The Morgan fingerprint density at radius 3 is 2.55 bits per heavy atom. The first kappa shape index (κ1) is 23.2. The van der Waals surface area contributed by atoms with E-state index in [1.807, 2.05) is 31.3 Å². The number of H-pyrrole nitrogens is 1. The Morgan fingerprint density at radius 2 is 1.97 bits per heavy atom. The second kappa shape index (κ2) is 11.2. The van der Waals surface area contributed by atoms with Crippen LogP contribution in [-0.4, -0.2) is 31.0 Å². The van der Waals surface area contributed by atoms with Gasteiger partial charge in [-0.15, -0.1) is 0 Å². The largest absolute Gasteiger partial charge is 0.492 e. The van der Waals surface area contributed by atoms with Crippen molar-refractivity contribution in [2.24, 2.45) is 5.92 Å². The number of aldehydes is 1. The van der Waals surface area contributed by atoms with Crippen LogP contribution < -0.4 is 15.6 Å². The first-order valence-corrected chi connectivity index (χ1v) is 10.3. The van der Waals surface area contributed by atoms with Crippen molar-refractivity contribution < 1.29 is 9.53 Å². The van der Waals surface area contributed by atoms with Gasteiger partial charge >= 0.3 is 0 Å². The number of hydrogen-bond acceptors (Lipinski definition) is 4. The monoisotopic (exact) mass is 436 g/mol. The molecule has 0 radical (unpaired) electrons. The lowest BCUT2D eigenvalue weighted by Gasteiger charge is -2.16. The summed E-state index contributed by atoms with van der Waals surface area (Å²) in [7, 11) is 1.82. The van der Waals surface area contributed by atoms with E-state index in [-0.39, 0.29) is 16.6 Å². The van der Waals surface area contributed by atoms with Crippen molar-refractivity contribution in [3.63, 3.8) is 0 Å². The third kappa shape index (κ3) is 6.74. The van der Waals surface area contributed by atoms with Gasteiger partial charge in [-0.25, -0.2) is 0 Å². The lowest BCUT2D eigenvalue weighted by Crippen LogP contribution is -2.23. The number of likely N-dealkylation sites (N-methyl/N-ethyl adjacent to an activating group) is 1. The van der Waals surface area contributed by atoms with Crippen LogP contribution in [0.25, 0.3) is 5.57 Å². The van der Waals surface area contributed by atoms with Crippen LogP contribution >= 0.6 is 23.2 Å². The second-order valence-corrected chi connectivity index (χ2v) is 7.93. The average Bonchev–Trinajstić information content (AvgIpc) is 2.69. The minimum atomic E-state index is -0.369. The molecule has 0 aliphatic rings. The topological polar surface area (TPSA) is 71.2 Å². The summed E-state index contributed by atoms with van der Waals surface area (Å²) in [5.41, 5.74) is 1.84. The molecule has 1 aromatic carbocycles. The fourth-order valence-electron chi connectivity index (χ4n) is 2.76. The maximum atomic E-state index is 12.1. The standard InChI is InChI=1S/C22H26Cl2N2O3/c1-14(2)13-29-21-9-6-15(11-19(21)24)17(12-16(25-3)5-4-10-27)20-8-7-18(23)22(28)26-20/h6-12,14,16,25H,4-5,13H2,1-3H3,(H,26,28)/b17-12+/t16-/m1/s1. The summed E-state index contributed by atoms with van der Waals surface area (Å²) < 4.78 is 5.75. The molecule has 0 aliphatic carbocycles. The van der Waals surface area contributed by atoms with Crippen molar-refractivity contribution in [1.29, 1.82) is 0 Å². The third-order valence-electron chi connectivity index (χ3n) is 4.30. The predicted octanol–water partition coefficient (Wildman–Crippen LogP) is 4.72. The highest BCUT2D eigenvalue weighted by molar-refractivity contribution is 6.32. The molecule has 156 valence electrons. The Balaban J connectivity index is 2.49. The minimum Gasteiger partial charge on any atom is -0.492 e. The van der Waals surface area contributed by atoms with Gasteiger partial charge < -0.3 is 19.8 Å². The van der Waals surface area contributed by atoms with Gasteiger partial charge in [0.05, 0.1) is 11.6 Å². The number of benzene rings is 1. The molecule has 0 bridgehead atoms. The molecule has 2 N–H and O–H groups in total. The van der Waals surface area contributed by atoms with Crippen LogP contribution in [0, 0.1) is 5.92 Å². The normalized spacial score (nSPS) is 12.8. The van der Waals surface area contributed by atoms with E-state index in [2.05, 4.69) is 24.1 Å². The molecule has 0 saturated heterocycles. The van der Waals surface area contributed by atoms with Gasteiger partial charge in [-0.1, -0.05) is 49.2 Å². The van der Waals surface area contributed by atoms with Gasteiger partial charge in [0, 0.05) is 23.7 Å². The van der Waals surface area contributed by atoms with Crippen molar-refractivity contribution in [2.75, 3.05) is 13.7 Å². The number of carbonyl (C=O) groups is 1. The van der Waals surface area contributed by atoms with Gasteiger partial charge in [0.1, 0.15) is 17.1 Å². The molecule has 0 spiro atoms. The fraction of sp³-hybridized carbons (Fsp3) is 0.364. The Morgan fingerprint density at radius 1 is 1.21 bits per heavy atom. The zero-order chi connectivity index (χ0) is 21.4. The Hall–Kier alpha value is -2.08. The Bertz CT molecular complexity index is 923. The van der Waals surface area contributed by atoms with E-state index < -0.39 is 0 Å². The first-order chi connectivity index (χ1) is 13.8. The molecule has 5 nitrogen and oxygen atoms in total. The van der Waals surface area contributed by atoms with E-state index in [1.54, 1.807) is 12.1 Å². The number of aromatic amines is 1. The van der Waals surface area contributed by atoms with Crippen molar-refractivity contribution in [2.45, 2.75) is 32.7 Å². The first-order valence-electron chi connectivity index (χ1n) is 9.50. The smallest absolute Gasteiger partial charge is 0.267 e. The highest BCUT2D eigenvalue weighted by Gasteiger charge is 2.14. The molecule has 0 aliphatic heterocycles. The van der Waals surface area contributed by atoms with Crippen LogP contribution in [0.3, 0.4) is 0 Å². The van der Waals surface area contributed by atoms with Gasteiger partial charge in [-0.3, -0.25) is 4.79 Å². The van der Waals surface area contributed by atoms with Gasteiger partial charge in [0.15, 0.2) is 0 Å². The van der Waals surface area contributed by atoms with Gasteiger partial charge in [-0.05, 0) is 49.2 Å². The number of carbonyl (C=O) groups excluding carboxylic acids is 1. The summed E-state index contributed by atoms with van der Waals surface area (Å²) in [6, 6.07) is 8.77.